The molecule has 2 aromatic rings. The molecule has 0 aliphatic carbocycles. The van der Waals surface area contributed by atoms with E-state index in [0.29, 0.717) is 16.5 Å². The second-order valence-corrected chi connectivity index (χ2v) is 6.76. The van der Waals surface area contributed by atoms with Crippen molar-refractivity contribution in [3.05, 3.63) is 51.5 Å². The van der Waals surface area contributed by atoms with E-state index in [1.165, 1.54) is 7.11 Å². The average molecular weight is 375 g/mol. The number of nitrogens with one attached hydrogen (secondary N) is 2. The predicted octanol–water partition coefficient (Wildman–Crippen LogP) is 4.55. The minimum Gasteiger partial charge on any atom is -0.495 e. The van der Waals surface area contributed by atoms with Crippen molar-refractivity contribution in [1.29, 1.82) is 0 Å². The first-order valence-corrected chi connectivity index (χ1v) is 8.60. The van der Waals surface area contributed by atoms with Crippen LogP contribution >= 0.6 is 11.6 Å². The summed E-state index contributed by atoms with van der Waals surface area (Å²) < 4.78 is 5.23. The first kappa shape index (κ1) is 19.8. The molecule has 5 nitrogen and oxygen atoms in total. The number of hydrogen-bond acceptors (Lipinski definition) is 3. The van der Waals surface area contributed by atoms with Gasteiger partial charge in [-0.1, -0.05) is 29.3 Å². The Morgan fingerprint density at radius 3 is 2.08 bits per heavy atom. The molecule has 138 valence electrons. The fourth-order valence-corrected chi connectivity index (χ4v) is 2.98. The highest BCUT2D eigenvalue weighted by Crippen LogP contribution is 2.31. The van der Waals surface area contributed by atoms with Crippen LogP contribution in [0.4, 0.5) is 11.4 Å². The molecule has 0 aliphatic rings. The van der Waals surface area contributed by atoms with Gasteiger partial charge in [0.05, 0.1) is 12.8 Å². The monoisotopic (exact) mass is 374 g/mol. The number of methoxy groups -OCH3 is 1. The summed E-state index contributed by atoms with van der Waals surface area (Å²) in [6.07, 6.45) is -0.294. The van der Waals surface area contributed by atoms with Gasteiger partial charge >= 0.3 is 0 Å². The number of ether oxygens (including phenoxy) is 1. The first-order chi connectivity index (χ1) is 12.2. The fraction of sp³-hybridized carbons (Fsp3) is 0.300. The Morgan fingerprint density at radius 1 is 0.923 bits per heavy atom. The normalized spacial score (nSPS) is 10.4. The summed E-state index contributed by atoms with van der Waals surface area (Å²) in [6, 6.07) is 7.32. The fourth-order valence-electron chi connectivity index (χ4n) is 2.83. The number of halogens is 1. The maximum atomic E-state index is 12.3. The highest BCUT2D eigenvalue weighted by molar-refractivity contribution is 6.31. The van der Waals surface area contributed by atoms with Crippen LogP contribution < -0.4 is 15.4 Å². The maximum absolute atomic E-state index is 12.3. The van der Waals surface area contributed by atoms with Crippen molar-refractivity contribution in [3.8, 4) is 5.75 Å². The van der Waals surface area contributed by atoms with Gasteiger partial charge < -0.3 is 15.4 Å². The van der Waals surface area contributed by atoms with Crippen molar-refractivity contribution in [2.45, 2.75) is 34.1 Å². The highest BCUT2D eigenvalue weighted by atomic mass is 35.5. The molecule has 0 heterocycles. The molecule has 2 aromatic carbocycles. The second-order valence-electron chi connectivity index (χ2n) is 6.35. The molecule has 0 radical (unpaired) electrons. The van der Waals surface area contributed by atoms with E-state index in [-0.39, 0.29) is 12.3 Å². The number of benzene rings is 2. The van der Waals surface area contributed by atoms with Crippen molar-refractivity contribution in [3.63, 3.8) is 0 Å². The van der Waals surface area contributed by atoms with Crippen LogP contribution in [0.5, 0.6) is 5.75 Å². The van der Waals surface area contributed by atoms with E-state index < -0.39 is 5.91 Å². The molecule has 6 heteroatoms. The van der Waals surface area contributed by atoms with Crippen LogP contribution in [-0.2, 0) is 9.59 Å². The molecule has 2 amide bonds. The lowest BCUT2D eigenvalue weighted by molar-refractivity contribution is -0.123. The Hall–Kier alpha value is -2.53. The molecule has 0 bridgehead atoms. The van der Waals surface area contributed by atoms with Crippen LogP contribution in [0.2, 0.25) is 5.02 Å². The number of aryl methyl sites for hydroxylation is 4. The van der Waals surface area contributed by atoms with Gasteiger partial charge in [0, 0.05) is 16.8 Å². The molecule has 0 aromatic heterocycles. The average Bonchev–Trinajstić information content (AvgIpc) is 2.54. The summed E-state index contributed by atoms with van der Waals surface area (Å²) in [6.45, 7) is 7.68. The summed E-state index contributed by atoms with van der Waals surface area (Å²) in [5.74, 6) is -0.355. The van der Waals surface area contributed by atoms with Gasteiger partial charge in [-0.15, -0.1) is 0 Å². The summed E-state index contributed by atoms with van der Waals surface area (Å²) in [7, 11) is 1.49. The zero-order chi connectivity index (χ0) is 19.4. The Labute approximate surface area is 158 Å². The number of hydrogen-bond donors (Lipinski definition) is 2. The zero-order valence-electron chi connectivity index (χ0n) is 15.6. The number of carbonyl (C=O) groups excluding carboxylic acids is 2. The number of anilines is 2. The third kappa shape index (κ3) is 4.76. The lowest BCUT2D eigenvalue weighted by Gasteiger charge is -2.14. The van der Waals surface area contributed by atoms with Gasteiger partial charge in [0.15, 0.2) is 0 Å². The minimum atomic E-state index is -0.426. The summed E-state index contributed by atoms with van der Waals surface area (Å²) in [4.78, 5) is 24.5. The van der Waals surface area contributed by atoms with E-state index in [1.54, 1.807) is 12.1 Å². The first-order valence-electron chi connectivity index (χ1n) is 8.23. The summed E-state index contributed by atoms with van der Waals surface area (Å²) >= 11 is 6.06. The smallest absolute Gasteiger partial charge is 0.233 e. The van der Waals surface area contributed by atoms with Crippen LogP contribution in [0.3, 0.4) is 0 Å². The van der Waals surface area contributed by atoms with E-state index in [4.69, 9.17) is 16.3 Å². The van der Waals surface area contributed by atoms with E-state index in [2.05, 4.69) is 10.6 Å². The van der Waals surface area contributed by atoms with E-state index >= 15 is 0 Å². The molecule has 0 saturated carbocycles. The van der Waals surface area contributed by atoms with Crippen molar-refractivity contribution in [2.24, 2.45) is 0 Å². The van der Waals surface area contributed by atoms with Crippen LogP contribution in [0, 0.1) is 27.7 Å². The molecule has 2 rings (SSSR count). The topological polar surface area (TPSA) is 67.4 Å². The van der Waals surface area contributed by atoms with Gasteiger partial charge in [0.25, 0.3) is 0 Å². The molecule has 2 N–H and O–H groups in total. The van der Waals surface area contributed by atoms with Crippen LogP contribution in [0.1, 0.15) is 28.7 Å². The van der Waals surface area contributed by atoms with Gasteiger partial charge in [-0.2, -0.15) is 0 Å². The Kier molecular flexibility index (Phi) is 6.27. The molecule has 0 spiro atoms. The van der Waals surface area contributed by atoms with E-state index in [0.717, 1.165) is 27.9 Å². The van der Waals surface area contributed by atoms with Gasteiger partial charge in [-0.05, 0) is 50.5 Å². The number of carbonyl (C=O) groups is 2. The van der Waals surface area contributed by atoms with Crippen LogP contribution in [0.15, 0.2) is 24.3 Å². The summed E-state index contributed by atoms with van der Waals surface area (Å²) in [5, 5.41) is 6.06. The van der Waals surface area contributed by atoms with Crippen LogP contribution in [0.25, 0.3) is 0 Å². The quantitative estimate of drug-likeness (QED) is 0.754. The third-order valence-electron chi connectivity index (χ3n) is 4.02. The van der Waals surface area contributed by atoms with Crippen molar-refractivity contribution in [1.82, 2.24) is 0 Å². The highest BCUT2D eigenvalue weighted by Gasteiger charge is 2.15. The van der Waals surface area contributed by atoms with Crippen molar-refractivity contribution < 1.29 is 14.3 Å². The molecule has 0 unspecified atom stereocenters. The molecule has 26 heavy (non-hydrogen) atoms. The Balaban J connectivity index is 2.07. The molecule has 0 saturated heterocycles. The zero-order valence-corrected chi connectivity index (χ0v) is 16.4. The third-order valence-corrected chi connectivity index (χ3v) is 4.42. The van der Waals surface area contributed by atoms with Gasteiger partial charge in [0.2, 0.25) is 11.8 Å². The maximum Gasteiger partial charge on any atom is 0.233 e. The lowest BCUT2D eigenvalue weighted by Crippen LogP contribution is -2.22. The second kappa shape index (κ2) is 8.23. The standard InChI is InChI=1S/C20H23ClN2O3/c1-11-6-13(3)20(14(4)7-11)23-19(25)10-18(24)22-16-8-12(2)15(21)9-17(16)26-5/h6-9H,10H2,1-5H3,(H,22,24)(H,23,25). The molecule has 0 fully saturated rings. The number of amides is 2. The van der Waals surface area contributed by atoms with Gasteiger partial charge in [-0.25, -0.2) is 0 Å². The van der Waals surface area contributed by atoms with Crippen molar-refractivity contribution in [2.75, 3.05) is 17.7 Å². The summed E-state index contributed by atoms with van der Waals surface area (Å²) in [5.41, 5.74) is 5.08. The largest absolute Gasteiger partial charge is 0.495 e. The van der Waals surface area contributed by atoms with Gasteiger partial charge in [-0.3, -0.25) is 9.59 Å². The molecular formula is C20H23ClN2O3. The molecule has 0 atom stereocenters. The van der Waals surface area contributed by atoms with E-state index in [9.17, 15) is 9.59 Å². The van der Waals surface area contributed by atoms with E-state index in [1.807, 2.05) is 39.8 Å². The number of rotatable bonds is 5. The van der Waals surface area contributed by atoms with Crippen LogP contribution in [-0.4, -0.2) is 18.9 Å². The van der Waals surface area contributed by atoms with Gasteiger partial charge in [0.1, 0.15) is 12.2 Å². The lowest BCUT2D eigenvalue weighted by atomic mass is 10.0. The molecular weight excluding hydrogens is 352 g/mol. The SMILES string of the molecule is COc1cc(Cl)c(C)cc1NC(=O)CC(=O)Nc1c(C)cc(C)cc1C. The Bertz CT molecular complexity index is 839. The van der Waals surface area contributed by atoms with Crippen molar-refractivity contribution >= 4 is 34.8 Å². The Morgan fingerprint density at radius 2 is 1.50 bits per heavy atom. The molecule has 0 aliphatic heterocycles. The predicted molar refractivity (Wildman–Crippen MR) is 105 cm³/mol. The minimum absolute atomic E-state index is 0.294.